The molecule has 2 atom stereocenters. The molecule has 1 saturated heterocycles. The summed E-state index contributed by atoms with van der Waals surface area (Å²) in [7, 11) is 0. The molecule has 4 rings (SSSR count). The van der Waals surface area contributed by atoms with Gasteiger partial charge >= 0.3 is 12.2 Å². The summed E-state index contributed by atoms with van der Waals surface area (Å²) >= 11 is 6.06. The molecule has 35 heavy (non-hydrogen) atoms. The topological polar surface area (TPSA) is 94.5 Å². The van der Waals surface area contributed by atoms with E-state index in [1.807, 2.05) is 0 Å². The summed E-state index contributed by atoms with van der Waals surface area (Å²) in [4.78, 5) is 25.2. The average molecular weight is 503 g/mol. The largest absolute Gasteiger partial charge is 0.442 e. The highest BCUT2D eigenvalue weighted by molar-refractivity contribution is 6.30. The first kappa shape index (κ1) is 24.9. The first-order chi connectivity index (χ1) is 16.6. The lowest BCUT2D eigenvalue weighted by molar-refractivity contribution is 0.0522. The quantitative estimate of drug-likeness (QED) is 0.451. The van der Waals surface area contributed by atoms with Crippen molar-refractivity contribution in [3.63, 3.8) is 0 Å². The predicted molar refractivity (Wildman–Crippen MR) is 131 cm³/mol. The number of halogens is 2. The zero-order valence-corrected chi connectivity index (χ0v) is 20.6. The number of carbonyl (C=O) groups excluding carboxylic acids is 2. The van der Waals surface area contributed by atoms with Gasteiger partial charge in [0.15, 0.2) is 0 Å². The SMILES string of the molecule is CC(C)(C)OC(=O)n1ncc2cc(NC(=O)O[C@@H](c3cc(F)cc(Cl)c3)[C@H]3CCCCN3)ccc21. The molecule has 10 heteroatoms. The lowest BCUT2D eigenvalue weighted by Crippen LogP contribution is -2.41. The second-order valence-corrected chi connectivity index (χ2v) is 9.96. The van der Waals surface area contributed by atoms with E-state index in [0.29, 0.717) is 22.2 Å². The molecule has 1 aliphatic heterocycles. The average Bonchev–Trinajstić information content (AvgIpc) is 3.20. The number of fused-ring (bicyclic) bond motifs is 1. The van der Waals surface area contributed by atoms with Crippen molar-refractivity contribution in [2.24, 2.45) is 0 Å². The summed E-state index contributed by atoms with van der Waals surface area (Å²) < 4.78 is 26.3. The molecule has 0 saturated carbocycles. The third-order valence-electron chi connectivity index (χ3n) is 5.54. The molecule has 1 fully saturated rings. The van der Waals surface area contributed by atoms with Crippen molar-refractivity contribution in [1.82, 2.24) is 15.1 Å². The van der Waals surface area contributed by atoms with Crippen LogP contribution in [0.1, 0.15) is 51.7 Å². The molecule has 2 N–H and O–H groups in total. The predicted octanol–water partition coefficient (Wildman–Crippen LogP) is 6.04. The van der Waals surface area contributed by atoms with Gasteiger partial charge in [0.2, 0.25) is 0 Å². The van der Waals surface area contributed by atoms with Crippen LogP contribution in [0.25, 0.3) is 10.9 Å². The summed E-state index contributed by atoms with van der Waals surface area (Å²) in [6.45, 7) is 6.11. The molecule has 2 aromatic carbocycles. The maximum Gasteiger partial charge on any atom is 0.435 e. The molecule has 8 nitrogen and oxygen atoms in total. The zero-order chi connectivity index (χ0) is 25.2. The van der Waals surface area contributed by atoms with Crippen molar-refractivity contribution in [2.75, 3.05) is 11.9 Å². The molecule has 0 aliphatic carbocycles. The van der Waals surface area contributed by atoms with Gasteiger partial charge in [-0.2, -0.15) is 9.78 Å². The van der Waals surface area contributed by atoms with Crippen molar-refractivity contribution >= 4 is 40.4 Å². The highest BCUT2D eigenvalue weighted by Crippen LogP contribution is 2.30. The molecule has 1 amide bonds. The molecule has 0 bridgehead atoms. The van der Waals surface area contributed by atoms with E-state index in [1.165, 1.54) is 23.0 Å². The Morgan fingerprint density at radius 3 is 2.71 bits per heavy atom. The van der Waals surface area contributed by atoms with Crippen LogP contribution in [-0.2, 0) is 9.47 Å². The van der Waals surface area contributed by atoms with Crippen LogP contribution in [0, 0.1) is 5.82 Å². The Kier molecular flexibility index (Phi) is 7.28. The molecule has 0 unspecified atom stereocenters. The number of piperidine rings is 1. The van der Waals surface area contributed by atoms with Crippen LogP contribution in [0.15, 0.2) is 42.6 Å². The number of ether oxygens (including phenoxy) is 2. The molecular weight excluding hydrogens is 475 g/mol. The van der Waals surface area contributed by atoms with E-state index in [0.717, 1.165) is 25.8 Å². The first-order valence-corrected chi connectivity index (χ1v) is 11.8. The normalized spacial score (nSPS) is 17.1. The molecule has 2 heterocycles. The van der Waals surface area contributed by atoms with E-state index in [4.69, 9.17) is 21.1 Å². The van der Waals surface area contributed by atoms with Crippen LogP contribution in [0.3, 0.4) is 0 Å². The summed E-state index contributed by atoms with van der Waals surface area (Å²) in [6, 6.07) is 8.96. The zero-order valence-electron chi connectivity index (χ0n) is 19.8. The van der Waals surface area contributed by atoms with Gasteiger partial charge in [0.1, 0.15) is 17.5 Å². The molecule has 1 aromatic heterocycles. The van der Waals surface area contributed by atoms with Gasteiger partial charge in [0.25, 0.3) is 0 Å². The van der Waals surface area contributed by atoms with E-state index < -0.39 is 29.7 Å². The smallest absolute Gasteiger partial charge is 0.435 e. The van der Waals surface area contributed by atoms with Crippen LogP contribution < -0.4 is 10.6 Å². The van der Waals surface area contributed by atoms with Gasteiger partial charge in [0, 0.05) is 22.1 Å². The Labute approximate surface area is 207 Å². The fourth-order valence-electron chi connectivity index (χ4n) is 4.08. The van der Waals surface area contributed by atoms with Crippen molar-refractivity contribution in [3.05, 3.63) is 59.0 Å². The van der Waals surface area contributed by atoms with Crippen LogP contribution in [0.2, 0.25) is 5.02 Å². The minimum absolute atomic E-state index is 0.165. The number of hydrogen-bond donors (Lipinski definition) is 2. The fraction of sp³-hybridized carbons (Fsp3) is 0.400. The van der Waals surface area contributed by atoms with Crippen LogP contribution in [0.4, 0.5) is 19.7 Å². The minimum atomic E-state index is -0.720. The number of aromatic nitrogens is 2. The van der Waals surface area contributed by atoms with Crippen molar-refractivity contribution in [1.29, 1.82) is 0 Å². The molecule has 0 spiro atoms. The summed E-state index contributed by atoms with van der Waals surface area (Å²) in [5, 5.41) is 11.0. The molecule has 3 aromatic rings. The Morgan fingerprint density at radius 2 is 2.03 bits per heavy atom. The Morgan fingerprint density at radius 1 is 1.23 bits per heavy atom. The first-order valence-electron chi connectivity index (χ1n) is 11.5. The lowest BCUT2D eigenvalue weighted by Gasteiger charge is -2.31. The van der Waals surface area contributed by atoms with Crippen molar-refractivity contribution < 1.29 is 23.5 Å². The van der Waals surface area contributed by atoms with E-state index >= 15 is 0 Å². The highest BCUT2D eigenvalue weighted by Gasteiger charge is 2.29. The molecule has 0 radical (unpaired) electrons. The molecule has 186 valence electrons. The van der Waals surface area contributed by atoms with Gasteiger partial charge in [0.05, 0.1) is 11.7 Å². The molecule has 1 aliphatic rings. The van der Waals surface area contributed by atoms with Crippen LogP contribution >= 0.6 is 11.6 Å². The summed E-state index contributed by atoms with van der Waals surface area (Å²) in [5.41, 5.74) is 0.824. The number of nitrogens with zero attached hydrogens (tertiary/aromatic N) is 2. The molecular formula is C25H28ClFN4O4. The number of nitrogens with one attached hydrogen (secondary N) is 2. The van der Waals surface area contributed by atoms with Crippen molar-refractivity contribution in [3.8, 4) is 0 Å². The van der Waals surface area contributed by atoms with Gasteiger partial charge in [-0.15, -0.1) is 0 Å². The monoisotopic (exact) mass is 502 g/mol. The summed E-state index contributed by atoms with van der Waals surface area (Å²) in [5.74, 6) is -0.496. The second-order valence-electron chi connectivity index (χ2n) is 9.52. The van der Waals surface area contributed by atoms with Crippen molar-refractivity contribution in [2.45, 2.75) is 57.8 Å². The fourth-order valence-corrected chi connectivity index (χ4v) is 4.31. The van der Waals surface area contributed by atoms with E-state index in [-0.39, 0.29) is 11.1 Å². The minimum Gasteiger partial charge on any atom is -0.442 e. The number of hydrogen-bond acceptors (Lipinski definition) is 6. The van der Waals surface area contributed by atoms with Crippen LogP contribution in [0.5, 0.6) is 0 Å². The van der Waals surface area contributed by atoms with E-state index in [9.17, 15) is 14.0 Å². The maximum atomic E-state index is 14.0. The standard InChI is InChI=1S/C25H28ClFN4O4/c1-25(2,3)35-24(33)31-21-8-7-19(12-16(21)14-29-31)30-23(32)34-22(20-6-4-5-9-28-20)15-10-17(26)13-18(27)11-15/h7-8,10-14,20,22,28H,4-6,9H2,1-3H3,(H,30,32)/t20-,22+/m1/s1. The van der Waals surface area contributed by atoms with Crippen LogP contribution in [-0.4, -0.2) is 40.2 Å². The Bertz CT molecular complexity index is 1210. The highest BCUT2D eigenvalue weighted by atomic mass is 35.5. The lowest BCUT2D eigenvalue weighted by atomic mass is 9.94. The van der Waals surface area contributed by atoms with Gasteiger partial charge < -0.3 is 14.8 Å². The number of benzene rings is 2. The summed E-state index contributed by atoms with van der Waals surface area (Å²) in [6.07, 6.45) is 2.28. The number of amides is 1. The Hall–Kier alpha value is -3.17. The maximum absolute atomic E-state index is 14.0. The number of carbonyl (C=O) groups is 2. The third kappa shape index (κ3) is 6.29. The van der Waals surface area contributed by atoms with E-state index in [1.54, 1.807) is 45.0 Å². The third-order valence-corrected chi connectivity index (χ3v) is 5.76. The number of anilines is 1. The van der Waals surface area contributed by atoms with Gasteiger partial charge in [-0.05, 0) is 82.1 Å². The van der Waals surface area contributed by atoms with E-state index in [2.05, 4.69) is 15.7 Å². The number of rotatable bonds is 4. The van der Waals surface area contributed by atoms with Gasteiger partial charge in [-0.3, -0.25) is 5.32 Å². The van der Waals surface area contributed by atoms with Gasteiger partial charge in [-0.25, -0.2) is 14.0 Å². The van der Waals surface area contributed by atoms with Gasteiger partial charge in [-0.1, -0.05) is 18.0 Å². The second kappa shape index (κ2) is 10.2. The Balaban J connectivity index is 1.51.